The standard InChI is InChI=1S/C32H31N7O2S/c1-22-30-26(19-29(40)37(22)21-24-11-8-14-28(33-24)36-17-15-35(2)16-18-36)38(20-23-9-4-3-5-10-23)39(31(30)41)32-34-25-12-6-7-13-27(25)42-32/h3-14,19H,15-18,20-21H2,1-2H3. The van der Waals surface area contributed by atoms with Gasteiger partial charge in [-0.25, -0.2) is 9.97 Å². The van der Waals surface area contributed by atoms with E-state index < -0.39 is 0 Å². The summed E-state index contributed by atoms with van der Waals surface area (Å²) in [5, 5.41) is 1.09. The second-order valence-corrected chi connectivity index (χ2v) is 11.8. The third-order valence-electron chi connectivity index (χ3n) is 8.05. The van der Waals surface area contributed by atoms with Gasteiger partial charge in [-0.15, -0.1) is 0 Å². The molecule has 0 saturated carbocycles. The first kappa shape index (κ1) is 26.4. The van der Waals surface area contributed by atoms with E-state index in [4.69, 9.17) is 9.97 Å². The van der Waals surface area contributed by atoms with Gasteiger partial charge >= 0.3 is 0 Å². The fourth-order valence-corrected chi connectivity index (χ4v) is 6.70. The zero-order valence-electron chi connectivity index (χ0n) is 23.6. The van der Waals surface area contributed by atoms with Crippen molar-refractivity contribution in [2.24, 2.45) is 0 Å². The third-order valence-corrected chi connectivity index (χ3v) is 9.07. The monoisotopic (exact) mass is 577 g/mol. The van der Waals surface area contributed by atoms with Crippen molar-refractivity contribution in [3.05, 3.63) is 117 Å². The molecular weight excluding hydrogens is 546 g/mol. The van der Waals surface area contributed by atoms with E-state index in [0.717, 1.165) is 53.5 Å². The molecule has 5 heterocycles. The van der Waals surface area contributed by atoms with Gasteiger partial charge in [-0.05, 0) is 43.8 Å². The molecule has 6 aromatic rings. The molecule has 0 unspecified atom stereocenters. The predicted molar refractivity (Wildman–Crippen MR) is 168 cm³/mol. The first-order valence-corrected chi connectivity index (χ1v) is 14.9. The van der Waals surface area contributed by atoms with Gasteiger partial charge in [-0.3, -0.25) is 14.3 Å². The van der Waals surface area contributed by atoms with E-state index in [2.05, 4.69) is 16.8 Å². The molecule has 9 nitrogen and oxygen atoms in total. The second kappa shape index (κ2) is 10.7. The number of anilines is 1. The lowest BCUT2D eigenvalue weighted by Gasteiger charge is -2.33. The highest BCUT2D eigenvalue weighted by Gasteiger charge is 2.23. The Bertz CT molecular complexity index is 2000. The van der Waals surface area contributed by atoms with Gasteiger partial charge in [0.05, 0.1) is 39.9 Å². The van der Waals surface area contributed by atoms with E-state index in [1.54, 1.807) is 15.3 Å². The van der Waals surface area contributed by atoms with Gasteiger partial charge in [0.2, 0.25) is 5.13 Å². The summed E-state index contributed by atoms with van der Waals surface area (Å²) in [4.78, 5) is 42.2. The average Bonchev–Trinajstić information content (AvgIpc) is 3.54. The third kappa shape index (κ3) is 4.72. The van der Waals surface area contributed by atoms with Gasteiger partial charge in [-0.1, -0.05) is 59.9 Å². The van der Waals surface area contributed by atoms with Crippen molar-refractivity contribution in [1.82, 2.24) is 28.8 Å². The summed E-state index contributed by atoms with van der Waals surface area (Å²) >= 11 is 1.47. The van der Waals surface area contributed by atoms with Crippen LogP contribution in [0.25, 0.3) is 26.3 Å². The smallest absolute Gasteiger partial charge is 0.283 e. The number of likely N-dealkylation sites (N-methyl/N-ethyl adjacent to an activating group) is 1. The minimum Gasteiger partial charge on any atom is -0.354 e. The van der Waals surface area contributed by atoms with Crippen molar-refractivity contribution < 1.29 is 0 Å². The lowest BCUT2D eigenvalue weighted by atomic mass is 10.2. The molecule has 0 atom stereocenters. The molecule has 4 aromatic heterocycles. The highest BCUT2D eigenvalue weighted by Crippen LogP contribution is 2.26. The lowest BCUT2D eigenvalue weighted by Crippen LogP contribution is -2.44. The molecule has 1 aliphatic heterocycles. The number of aromatic nitrogens is 5. The molecule has 2 aromatic carbocycles. The van der Waals surface area contributed by atoms with Gasteiger partial charge in [0, 0.05) is 37.9 Å². The second-order valence-electron chi connectivity index (χ2n) is 10.8. The van der Waals surface area contributed by atoms with Gasteiger partial charge in [0.25, 0.3) is 11.1 Å². The number of nitrogens with zero attached hydrogens (tertiary/aromatic N) is 7. The molecule has 1 fully saturated rings. The Kier molecular flexibility index (Phi) is 6.72. The van der Waals surface area contributed by atoms with Crippen LogP contribution in [0.5, 0.6) is 0 Å². The molecule has 0 N–H and O–H groups in total. The largest absolute Gasteiger partial charge is 0.354 e. The fraction of sp³-hybridized carbons (Fsp3) is 0.250. The number of hydrogen-bond acceptors (Lipinski definition) is 7. The highest BCUT2D eigenvalue weighted by molar-refractivity contribution is 7.20. The van der Waals surface area contributed by atoms with Crippen molar-refractivity contribution in [1.29, 1.82) is 0 Å². The summed E-state index contributed by atoms with van der Waals surface area (Å²) in [6.07, 6.45) is 0. The van der Waals surface area contributed by atoms with E-state index >= 15 is 0 Å². The zero-order valence-corrected chi connectivity index (χ0v) is 24.4. The van der Waals surface area contributed by atoms with E-state index in [1.165, 1.54) is 11.3 Å². The highest BCUT2D eigenvalue weighted by atomic mass is 32.1. The average molecular weight is 578 g/mol. The van der Waals surface area contributed by atoms with E-state index in [-0.39, 0.29) is 17.7 Å². The molecular formula is C32H31N7O2S. The summed E-state index contributed by atoms with van der Waals surface area (Å²) in [5.74, 6) is 0.916. The maximum atomic E-state index is 14.2. The van der Waals surface area contributed by atoms with Crippen molar-refractivity contribution >= 4 is 38.3 Å². The molecule has 42 heavy (non-hydrogen) atoms. The van der Waals surface area contributed by atoms with Crippen LogP contribution in [0.2, 0.25) is 0 Å². The number of fused-ring (bicyclic) bond motifs is 2. The van der Waals surface area contributed by atoms with Crippen LogP contribution in [-0.2, 0) is 13.1 Å². The summed E-state index contributed by atoms with van der Waals surface area (Å²) in [6, 6.07) is 25.4. The molecule has 0 aliphatic carbocycles. The molecule has 1 saturated heterocycles. The van der Waals surface area contributed by atoms with Crippen molar-refractivity contribution in [3.8, 4) is 5.13 Å². The van der Waals surface area contributed by atoms with Gasteiger partial charge in [-0.2, -0.15) is 4.68 Å². The Morgan fingerprint density at radius 3 is 2.38 bits per heavy atom. The summed E-state index contributed by atoms with van der Waals surface area (Å²) in [5.41, 5.74) is 3.50. The van der Waals surface area contributed by atoms with E-state index in [9.17, 15) is 9.59 Å². The lowest BCUT2D eigenvalue weighted by molar-refractivity contribution is 0.312. The molecule has 1 aliphatic rings. The Morgan fingerprint density at radius 2 is 1.60 bits per heavy atom. The summed E-state index contributed by atoms with van der Waals surface area (Å²) < 4.78 is 6.18. The maximum Gasteiger partial charge on any atom is 0.283 e. The van der Waals surface area contributed by atoms with Crippen LogP contribution in [-0.4, -0.2) is 62.0 Å². The zero-order chi connectivity index (χ0) is 28.8. The maximum absolute atomic E-state index is 14.2. The first-order valence-electron chi connectivity index (χ1n) is 14.1. The van der Waals surface area contributed by atoms with Crippen LogP contribution in [0.3, 0.4) is 0 Å². The number of thiazole rings is 1. The van der Waals surface area contributed by atoms with Crippen molar-refractivity contribution in [3.63, 3.8) is 0 Å². The predicted octanol–water partition coefficient (Wildman–Crippen LogP) is 4.12. The molecule has 7 rings (SSSR count). The van der Waals surface area contributed by atoms with Gasteiger partial charge < -0.3 is 14.4 Å². The van der Waals surface area contributed by atoms with Crippen LogP contribution in [0.1, 0.15) is 17.0 Å². The summed E-state index contributed by atoms with van der Waals surface area (Å²) in [6.45, 7) is 6.37. The number of aryl methyl sites for hydroxylation is 1. The van der Waals surface area contributed by atoms with Crippen molar-refractivity contribution in [2.75, 3.05) is 38.1 Å². The molecule has 212 valence electrons. The van der Waals surface area contributed by atoms with Crippen molar-refractivity contribution in [2.45, 2.75) is 20.0 Å². The Morgan fingerprint density at radius 1 is 0.833 bits per heavy atom. The van der Waals surface area contributed by atoms with Gasteiger partial charge in [0.15, 0.2) is 0 Å². The Labute approximate surface area is 246 Å². The Hall–Kier alpha value is -4.54. The van der Waals surface area contributed by atoms with E-state index in [0.29, 0.717) is 28.3 Å². The molecule has 0 amide bonds. The van der Waals surface area contributed by atoms with Crippen LogP contribution >= 0.6 is 11.3 Å². The SMILES string of the molecule is Cc1c2c(=O)n(-c3nc4ccccc4s3)n(Cc3ccccc3)c2cc(=O)n1Cc1cccc(N2CCN(C)CC2)n1. The fourth-order valence-electron chi connectivity index (χ4n) is 5.72. The van der Waals surface area contributed by atoms with Crippen LogP contribution in [0.4, 0.5) is 5.82 Å². The molecule has 0 radical (unpaired) electrons. The summed E-state index contributed by atoms with van der Waals surface area (Å²) in [7, 11) is 2.13. The molecule has 10 heteroatoms. The number of rotatable bonds is 6. The normalized spacial score (nSPS) is 14.3. The molecule has 0 spiro atoms. The van der Waals surface area contributed by atoms with Gasteiger partial charge in [0.1, 0.15) is 5.82 Å². The quantitative estimate of drug-likeness (QED) is 0.296. The van der Waals surface area contributed by atoms with Crippen LogP contribution in [0.15, 0.2) is 88.5 Å². The number of piperazine rings is 1. The minimum atomic E-state index is -0.189. The Balaban J connectivity index is 1.35. The molecule has 0 bridgehead atoms. The number of pyridine rings is 2. The van der Waals surface area contributed by atoms with Crippen LogP contribution < -0.4 is 16.0 Å². The minimum absolute atomic E-state index is 0.171. The van der Waals surface area contributed by atoms with E-state index in [1.807, 2.05) is 84.4 Å². The van der Waals surface area contributed by atoms with Crippen LogP contribution in [0, 0.1) is 6.92 Å². The number of benzene rings is 2. The topological polar surface area (TPSA) is 81.2 Å². The first-order chi connectivity index (χ1) is 20.5. The number of hydrogen-bond donors (Lipinski definition) is 0. The number of para-hydroxylation sites is 1.